The van der Waals surface area contributed by atoms with Gasteiger partial charge in [-0.05, 0) is 56.7 Å². The van der Waals surface area contributed by atoms with Crippen molar-refractivity contribution in [3.63, 3.8) is 0 Å². The maximum atomic E-state index is 13.7. The molecule has 6 rings (SSSR count). The molecule has 0 spiro atoms. The number of carbonyl (C=O) groups is 2. The summed E-state index contributed by atoms with van der Waals surface area (Å²) in [6.45, 7) is 8.30. The number of nitrogen functional groups attached to an aromatic ring is 1. The Morgan fingerprint density at radius 3 is 2.42 bits per heavy atom. The minimum Gasteiger partial charge on any atom is -0.496 e. The van der Waals surface area contributed by atoms with Crippen molar-refractivity contribution >= 4 is 34.4 Å². The largest absolute Gasteiger partial charge is 0.496 e. The predicted molar refractivity (Wildman–Crippen MR) is 181 cm³/mol. The number of methoxy groups -OCH3 is 1. The molecule has 13 heteroatoms. The highest BCUT2D eigenvalue weighted by molar-refractivity contribution is 6.05. The number of benzene rings is 2. The molecule has 4 heterocycles. The zero-order chi connectivity index (χ0) is 34.0. The molecular formula is C35H37FN8O4. The summed E-state index contributed by atoms with van der Waals surface area (Å²) in [5.41, 5.74) is 11.4. The molecule has 1 saturated heterocycles. The highest BCUT2D eigenvalue weighted by Crippen LogP contribution is 2.35. The summed E-state index contributed by atoms with van der Waals surface area (Å²) in [7, 11) is 1.43. The molecule has 2 amide bonds. The molecular weight excluding hydrogens is 615 g/mol. The third-order valence-corrected chi connectivity index (χ3v) is 8.03. The lowest BCUT2D eigenvalue weighted by atomic mass is 10.0. The number of nitrogens with zero attached hydrogens (tertiary/aromatic N) is 5. The second-order valence-electron chi connectivity index (χ2n) is 12.5. The third kappa shape index (κ3) is 6.85. The zero-order valence-electron chi connectivity index (χ0n) is 27.2. The average Bonchev–Trinajstić information content (AvgIpc) is 3.48. The molecule has 0 bridgehead atoms. The second-order valence-corrected chi connectivity index (χ2v) is 12.5. The fourth-order valence-corrected chi connectivity index (χ4v) is 5.58. The number of rotatable bonds is 7. The highest BCUT2D eigenvalue weighted by atomic mass is 19.1. The first-order chi connectivity index (χ1) is 23.0. The SMILES string of the molecule is COc1ccc(F)cc1C(=O)NCc1ccc(-c2ncc(-c3ccc(N4CCN(C(=O)OC(C)(C)C)CC4)cn3)c3[nH]nc(N)c23)cc1. The van der Waals surface area contributed by atoms with Gasteiger partial charge < -0.3 is 30.3 Å². The Hall–Kier alpha value is -5.72. The van der Waals surface area contributed by atoms with Crippen molar-refractivity contribution in [2.24, 2.45) is 0 Å². The molecule has 12 nitrogen and oxygen atoms in total. The van der Waals surface area contributed by atoms with Crippen LogP contribution >= 0.6 is 0 Å². The lowest BCUT2D eigenvalue weighted by Crippen LogP contribution is -2.50. The first-order valence-corrected chi connectivity index (χ1v) is 15.5. The Balaban J connectivity index is 1.14. The fraction of sp³-hybridized carbons (Fsp3) is 0.286. The van der Waals surface area contributed by atoms with Crippen molar-refractivity contribution in [2.45, 2.75) is 32.9 Å². The maximum absolute atomic E-state index is 13.7. The van der Waals surface area contributed by atoms with Crippen molar-refractivity contribution < 1.29 is 23.5 Å². The molecule has 48 heavy (non-hydrogen) atoms. The Kier molecular flexibility index (Phi) is 8.85. The van der Waals surface area contributed by atoms with Crippen molar-refractivity contribution in [2.75, 3.05) is 43.9 Å². The van der Waals surface area contributed by atoms with Crippen LogP contribution in [0.1, 0.15) is 36.7 Å². The summed E-state index contributed by atoms with van der Waals surface area (Å²) >= 11 is 0. The van der Waals surface area contributed by atoms with E-state index in [1.165, 1.54) is 19.2 Å². The highest BCUT2D eigenvalue weighted by Gasteiger charge is 2.26. The number of ether oxygens (including phenoxy) is 2. The molecule has 0 atom stereocenters. The van der Waals surface area contributed by atoms with Crippen LogP contribution in [-0.4, -0.2) is 76.0 Å². The average molecular weight is 653 g/mol. The molecule has 1 fully saturated rings. The number of aromatic amines is 1. The molecule has 0 unspecified atom stereocenters. The van der Waals surface area contributed by atoms with Gasteiger partial charge in [0.25, 0.3) is 5.91 Å². The van der Waals surface area contributed by atoms with Gasteiger partial charge in [0.05, 0.1) is 46.8 Å². The van der Waals surface area contributed by atoms with Crippen LogP contribution in [0.25, 0.3) is 33.4 Å². The zero-order valence-corrected chi connectivity index (χ0v) is 27.2. The summed E-state index contributed by atoms with van der Waals surface area (Å²) in [6, 6.07) is 15.3. The number of H-pyrrole nitrogens is 1. The monoisotopic (exact) mass is 652 g/mol. The van der Waals surface area contributed by atoms with Gasteiger partial charge >= 0.3 is 6.09 Å². The number of pyridine rings is 2. The Labute approximate surface area is 277 Å². The maximum Gasteiger partial charge on any atom is 0.410 e. The topological polar surface area (TPSA) is 152 Å². The minimum atomic E-state index is -0.528. The summed E-state index contributed by atoms with van der Waals surface area (Å²) in [5.74, 6) is -0.354. The van der Waals surface area contributed by atoms with Gasteiger partial charge in [-0.2, -0.15) is 5.10 Å². The quantitative estimate of drug-likeness (QED) is 0.210. The number of aromatic nitrogens is 4. The van der Waals surface area contributed by atoms with Gasteiger partial charge in [0.1, 0.15) is 17.2 Å². The van der Waals surface area contributed by atoms with Gasteiger partial charge in [-0.15, -0.1) is 0 Å². The number of nitrogens with two attached hydrogens (primary N) is 1. The van der Waals surface area contributed by atoms with Gasteiger partial charge in [-0.1, -0.05) is 24.3 Å². The van der Waals surface area contributed by atoms with Crippen molar-refractivity contribution in [3.05, 3.63) is 83.9 Å². The third-order valence-electron chi connectivity index (χ3n) is 8.03. The number of anilines is 2. The Morgan fingerprint density at radius 1 is 1.00 bits per heavy atom. The van der Waals surface area contributed by atoms with Gasteiger partial charge in [0, 0.05) is 50.0 Å². The Bertz CT molecular complexity index is 1950. The number of piperazine rings is 1. The minimum absolute atomic E-state index is 0.124. The second kappa shape index (κ2) is 13.2. The summed E-state index contributed by atoms with van der Waals surface area (Å²) in [5, 5.41) is 10.8. The van der Waals surface area contributed by atoms with Gasteiger partial charge in [0.2, 0.25) is 0 Å². The van der Waals surface area contributed by atoms with Crippen LogP contribution < -0.4 is 20.7 Å². The van der Waals surface area contributed by atoms with Crippen LogP contribution in [-0.2, 0) is 11.3 Å². The van der Waals surface area contributed by atoms with E-state index in [-0.39, 0.29) is 18.2 Å². The molecule has 3 aromatic heterocycles. The smallest absolute Gasteiger partial charge is 0.410 e. The van der Waals surface area contributed by atoms with E-state index in [2.05, 4.69) is 20.4 Å². The molecule has 1 aliphatic heterocycles. The molecule has 5 aromatic rings. The number of hydrogen-bond donors (Lipinski definition) is 3. The van der Waals surface area contributed by atoms with E-state index in [4.69, 9.17) is 25.2 Å². The normalized spacial score (nSPS) is 13.4. The summed E-state index contributed by atoms with van der Waals surface area (Å²) in [6.07, 6.45) is 3.27. The van der Waals surface area contributed by atoms with E-state index in [0.29, 0.717) is 60.0 Å². The fourth-order valence-electron chi connectivity index (χ4n) is 5.58. The van der Waals surface area contributed by atoms with Crippen LogP contribution in [0, 0.1) is 5.82 Å². The lowest BCUT2D eigenvalue weighted by Gasteiger charge is -2.36. The van der Waals surface area contributed by atoms with Crippen LogP contribution in [0.2, 0.25) is 0 Å². The molecule has 1 aliphatic rings. The standard InChI is InChI=1S/C35H37FN8O4/c1-35(2,3)48-34(46)44-15-13-43(14-16-44)24-10-11-27(38-19-24)26-20-39-30(29-31(26)41-42-32(29)37)22-7-5-21(6-8-22)18-40-33(45)25-17-23(36)9-12-28(25)47-4/h5-12,17,19-20H,13-16,18H2,1-4H3,(H,40,45)(H3,37,41,42). The first kappa shape index (κ1) is 32.2. The van der Waals surface area contributed by atoms with Crippen LogP contribution in [0.3, 0.4) is 0 Å². The van der Waals surface area contributed by atoms with Gasteiger partial charge in [-0.25, -0.2) is 9.18 Å². The van der Waals surface area contributed by atoms with E-state index in [0.717, 1.165) is 28.4 Å². The molecule has 0 aliphatic carbocycles. The number of hydrogen-bond acceptors (Lipinski definition) is 9. The van der Waals surface area contributed by atoms with E-state index in [1.807, 2.05) is 63.4 Å². The van der Waals surface area contributed by atoms with Crippen LogP contribution in [0.4, 0.5) is 20.7 Å². The molecule has 2 aromatic carbocycles. The number of halogens is 1. The van der Waals surface area contributed by atoms with Crippen LogP contribution in [0.15, 0.2) is 67.0 Å². The molecule has 248 valence electrons. The number of carbonyl (C=O) groups excluding carboxylic acids is 2. The van der Waals surface area contributed by atoms with E-state index in [1.54, 1.807) is 11.1 Å². The summed E-state index contributed by atoms with van der Waals surface area (Å²) in [4.78, 5) is 38.6. The predicted octanol–water partition coefficient (Wildman–Crippen LogP) is 5.40. The van der Waals surface area contributed by atoms with Crippen molar-refractivity contribution in [3.8, 4) is 28.3 Å². The van der Waals surface area contributed by atoms with E-state index in [9.17, 15) is 14.0 Å². The number of amides is 2. The van der Waals surface area contributed by atoms with Gasteiger partial charge in [0.15, 0.2) is 5.82 Å². The van der Waals surface area contributed by atoms with Crippen molar-refractivity contribution in [1.82, 2.24) is 30.4 Å². The number of fused-ring (bicyclic) bond motifs is 1. The number of nitrogens with one attached hydrogen (secondary N) is 2. The Morgan fingerprint density at radius 2 is 1.75 bits per heavy atom. The molecule has 0 radical (unpaired) electrons. The van der Waals surface area contributed by atoms with Crippen molar-refractivity contribution in [1.29, 1.82) is 0 Å². The molecule has 4 N–H and O–H groups in total. The molecule has 0 saturated carbocycles. The first-order valence-electron chi connectivity index (χ1n) is 15.5. The van der Waals surface area contributed by atoms with E-state index >= 15 is 0 Å². The summed E-state index contributed by atoms with van der Waals surface area (Å²) < 4.78 is 24.4. The van der Waals surface area contributed by atoms with E-state index < -0.39 is 17.3 Å². The van der Waals surface area contributed by atoms with Gasteiger partial charge in [-0.3, -0.25) is 19.9 Å². The van der Waals surface area contributed by atoms with Crippen LogP contribution in [0.5, 0.6) is 5.75 Å². The lowest BCUT2D eigenvalue weighted by molar-refractivity contribution is 0.0240.